The maximum absolute atomic E-state index is 13.8. The van der Waals surface area contributed by atoms with E-state index < -0.39 is 72.2 Å². The number of rotatable bonds is 7. The average molecular weight is 512 g/mol. The molecule has 0 spiro atoms. The fourth-order valence-electron chi connectivity index (χ4n) is 2.99. The Morgan fingerprint density at radius 3 is 2.26 bits per heavy atom. The van der Waals surface area contributed by atoms with Crippen LogP contribution in [0, 0.1) is 11.2 Å². The zero-order chi connectivity index (χ0) is 26.9. The Kier molecular flexibility index (Phi) is 7.62. The lowest BCUT2D eigenvalue weighted by atomic mass is 9.90. The second-order valence-electron chi connectivity index (χ2n) is 8.29. The number of hydrogen-bond acceptors (Lipinski definition) is 5. The summed E-state index contributed by atoms with van der Waals surface area (Å²) in [6, 6.07) is 1.50. The molecule has 0 radical (unpaired) electrons. The molecular weight excluding hydrogens is 490 g/mol. The van der Waals surface area contributed by atoms with Gasteiger partial charge in [0.25, 0.3) is 5.91 Å². The summed E-state index contributed by atoms with van der Waals surface area (Å²) in [5.74, 6) is -10.7. The number of ether oxygens (including phenoxy) is 1. The summed E-state index contributed by atoms with van der Waals surface area (Å²) < 4.78 is 82.7. The second-order valence-corrected chi connectivity index (χ2v) is 8.29. The number of benzene rings is 1. The molecule has 0 aromatic heterocycles. The van der Waals surface area contributed by atoms with Crippen molar-refractivity contribution >= 4 is 29.3 Å². The van der Waals surface area contributed by atoms with E-state index in [0.717, 1.165) is 30.9 Å². The summed E-state index contributed by atoms with van der Waals surface area (Å²) in [4.78, 5) is 50.5. The summed E-state index contributed by atoms with van der Waals surface area (Å²) in [6.45, 7) is 0.360. The van der Waals surface area contributed by atoms with Crippen LogP contribution in [0.3, 0.4) is 0 Å². The summed E-state index contributed by atoms with van der Waals surface area (Å²) in [7, 11) is 0. The quantitative estimate of drug-likeness (QED) is 0.374. The van der Waals surface area contributed by atoms with Gasteiger partial charge in [-0.05, 0) is 32.9 Å². The predicted octanol–water partition coefficient (Wildman–Crippen LogP) is 1.25. The number of fused-ring (bicyclic) bond motifs is 1. The average Bonchev–Trinajstić information content (AvgIpc) is 2.81. The van der Waals surface area contributed by atoms with Crippen LogP contribution < -0.4 is 26.0 Å². The molecule has 0 bridgehead atoms. The minimum atomic E-state index is -5.93. The lowest BCUT2D eigenvalue weighted by Gasteiger charge is -2.30. The number of carbonyl (C=O) groups excluding carboxylic acids is 4. The molecular formula is C20H22F6N4O5. The van der Waals surface area contributed by atoms with Gasteiger partial charge in [-0.25, -0.2) is 4.39 Å². The summed E-state index contributed by atoms with van der Waals surface area (Å²) in [5.41, 5.74) is 2.79. The van der Waals surface area contributed by atoms with Gasteiger partial charge >= 0.3 is 12.1 Å². The van der Waals surface area contributed by atoms with Gasteiger partial charge in [-0.1, -0.05) is 0 Å². The van der Waals surface area contributed by atoms with Gasteiger partial charge in [-0.2, -0.15) is 22.0 Å². The first-order valence-electron chi connectivity index (χ1n) is 9.98. The molecule has 1 aromatic rings. The van der Waals surface area contributed by atoms with E-state index in [1.54, 1.807) is 0 Å². The van der Waals surface area contributed by atoms with E-state index in [1.165, 1.54) is 18.3 Å². The Morgan fingerprint density at radius 1 is 1.11 bits per heavy atom. The Hall–Kier alpha value is -3.52. The lowest BCUT2D eigenvalue weighted by Crippen LogP contribution is -2.59. The van der Waals surface area contributed by atoms with Crippen molar-refractivity contribution in [3.63, 3.8) is 0 Å². The normalized spacial score (nSPS) is 18.8. The van der Waals surface area contributed by atoms with E-state index in [1.807, 2.05) is 0 Å². The number of nitrogens with two attached hydrogens (primary N) is 1. The van der Waals surface area contributed by atoms with E-state index in [2.05, 4.69) is 5.32 Å². The molecule has 1 heterocycles. The molecule has 2 atom stereocenters. The van der Waals surface area contributed by atoms with Crippen molar-refractivity contribution in [2.24, 2.45) is 11.1 Å². The molecule has 1 aromatic carbocycles. The van der Waals surface area contributed by atoms with Gasteiger partial charge in [0, 0.05) is 6.07 Å². The van der Waals surface area contributed by atoms with Crippen molar-refractivity contribution in [2.75, 3.05) is 18.0 Å². The first-order chi connectivity index (χ1) is 15.9. The highest BCUT2D eigenvalue weighted by atomic mass is 19.4. The third-order valence-electron chi connectivity index (χ3n) is 5.15. The van der Waals surface area contributed by atoms with Gasteiger partial charge in [-0.3, -0.25) is 24.1 Å². The topological polar surface area (TPSA) is 131 Å². The number of alkyl halides is 5. The fourth-order valence-corrected chi connectivity index (χ4v) is 2.99. The van der Waals surface area contributed by atoms with Crippen LogP contribution in [-0.2, 0) is 19.2 Å². The third-order valence-corrected chi connectivity index (χ3v) is 5.15. The SMILES string of the molecule is C[C@H]1Oc2ccc(F)cc2N(CC(N)=O)C(=O)[C@H]1NC(=O)C(C)(C)C(=O)NCC(F)(F)C(F)(F)F. The van der Waals surface area contributed by atoms with E-state index >= 15 is 0 Å². The molecule has 2 rings (SSSR count). The molecule has 0 aliphatic carbocycles. The Bertz CT molecular complexity index is 1030. The minimum Gasteiger partial charge on any atom is -0.486 e. The van der Waals surface area contributed by atoms with Crippen molar-refractivity contribution in [1.29, 1.82) is 0 Å². The third kappa shape index (κ3) is 5.95. The highest BCUT2D eigenvalue weighted by Crippen LogP contribution is 2.35. The van der Waals surface area contributed by atoms with Gasteiger partial charge < -0.3 is 21.1 Å². The summed E-state index contributed by atoms with van der Waals surface area (Å²) >= 11 is 0. The van der Waals surface area contributed by atoms with Crippen LogP contribution in [0.2, 0.25) is 0 Å². The highest BCUT2D eigenvalue weighted by molar-refractivity contribution is 6.08. The molecule has 1 aliphatic heterocycles. The number of nitrogens with zero attached hydrogens (tertiary/aromatic N) is 1. The smallest absolute Gasteiger partial charge is 0.455 e. The second kappa shape index (κ2) is 9.62. The van der Waals surface area contributed by atoms with Crippen LogP contribution in [0.1, 0.15) is 20.8 Å². The molecule has 0 unspecified atom stereocenters. The lowest BCUT2D eigenvalue weighted by molar-refractivity contribution is -0.278. The standard InChI is InChI=1S/C20H22F6N4O5/c1-9-14(15(32)30(7-13(27)31)11-6-10(21)4-5-12(11)35-9)29-17(34)18(2,3)16(33)28-8-19(22,23)20(24,25)26/h4-6,9,14H,7-8H2,1-3H3,(H2,27,31)(H,28,33)(H,29,34)/t9-,14+/m1/s1. The van der Waals surface area contributed by atoms with Crippen LogP contribution in [-0.4, -0.2) is 61.0 Å². The summed E-state index contributed by atoms with van der Waals surface area (Å²) in [5, 5.41) is 3.57. The molecule has 15 heteroatoms. The van der Waals surface area contributed by atoms with Crippen molar-refractivity contribution < 1.29 is 50.3 Å². The predicted molar refractivity (Wildman–Crippen MR) is 108 cm³/mol. The van der Waals surface area contributed by atoms with Gasteiger partial charge in [-0.15, -0.1) is 0 Å². The van der Waals surface area contributed by atoms with E-state index in [-0.39, 0.29) is 11.4 Å². The molecule has 0 saturated carbocycles. The van der Waals surface area contributed by atoms with Crippen molar-refractivity contribution in [3.8, 4) is 5.75 Å². The molecule has 0 fully saturated rings. The number of halogens is 6. The Balaban J connectivity index is 2.27. The van der Waals surface area contributed by atoms with Gasteiger partial charge in [0.2, 0.25) is 17.7 Å². The van der Waals surface area contributed by atoms with E-state index in [0.29, 0.717) is 0 Å². The number of hydrogen-bond donors (Lipinski definition) is 3. The number of carbonyl (C=O) groups is 4. The molecule has 4 amide bonds. The van der Waals surface area contributed by atoms with Gasteiger partial charge in [0.05, 0.1) is 12.2 Å². The number of amides is 4. The van der Waals surface area contributed by atoms with Crippen molar-refractivity contribution in [1.82, 2.24) is 10.6 Å². The largest absolute Gasteiger partial charge is 0.486 e. The van der Waals surface area contributed by atoms with Crippen LogP contribution in [0.5, 0.6) is 5.75 Å². The van der Waals surface area contributed by atoms with Gasteiger partial charge in [0.1, 0.15) is 35.7 Å². The number of anilines is 1. The molecule has 4 N–H and O–H groups in total. The van der Waals surface area contributed by atoms with E-state index in [4.69, 9.17) is 10.5 Å². The first kappa shape index (κ1) is 27.7. The zero-order valence-electron chi connectivity index (χ0n) is 18.6. The van der Waals surface area contributed by atoms with Crippen LogP contribution >= 0.6 is 0 Å². The first-order valence-corrected chi connectivity index (χ1v) is 9.98. The molecule has 1 aliphatic rings. The van der Waals surface area contributed by atoms with Crippen molar-refractivity contribution in [3.05, 3.63) is 24.0 Å². The van der Waals surface area contributed by atoms with Crippen LogP contribution in [0.25, 0.3) is 0 Å². The Labute approximate surface area is 194 Å². The van der Waals surface area contributed by atoms with Crippen LogP contribution in [0.4, 0.5) is 32.0 Å². The van der Waals surface area contributed by atoms with Crippen molar-refractivity contribution in [2.45, 2.75) is 45.0 Å². The fraction of sp³-hybridized carbons (Fsp3) is 0.500. The summed E-state index contributed by atoms with van der Waals surface area (Å²) in [6.07, 6.45) is -7.08. The maximum Gasteiger partial charge on any atom is 0.455 e. The minimum absolute atomic E-state index is 0.0309. The zero-order valence-corrected chi connectivity index (χ0v) is 18.6. The maximum atomic E-state index is 13.8. The number of nitrogens with one attached hydrogen (secondary N) is 2. The molecule has 194 valence electrons. The Morgan fingerprint density at radius 2 is 1.71 bits per heavy atom. The van der Waals surface area contributed by atoms with E-state index in [9.17, 15) is 45.5 Å². The molecule has 0 saturated heterocycles. The highest BCUT2D eigenvalue weighted by Gasteiger charge is 2.57. The van der Waals surface area contributed by atoms with Gasteiger partial charge in [0.15, 0.2) is 0 Å². The monoisotopic (exact) mass is 512 g/mol. The molecule has 35 heavy (non-hydrogen) atoms. The molecule has 9 nitrogen and oxygen atoms in total. The van der Waals surface area contributed by atoms with Crippen LogP contribution in [0.15, 0.2) is 18.2 Å². The number of primary amides is 1.